The van der Waals surface area contributed by atoms with Gasteiger partial charge in [-0.15, -0.1) is 0 Å². The minimum atomic E-state index is -0.163. The van der Waals surface area contributed by atoms with Gasteiger partial charge in [-0.2, -0.15) is 0 Å². The molecule has 1 atom stereocenters. The molecule has 0 saturated carbocycles. The van der Waals surface area contributed by atoms with Crippen molar-refractivity contribution in [3.63, 3.8) is 0 Å². The van der Waals surface area contributed by atoms with Crippen molar-refractivity contribution in [1.82, 2.24) is 9.55 Å². The molecule has 5 heteroatoms. The molecule has 1 aromatic carbocycles. The zero-order valence-electron chi connectivity index (χ0n) is 13.4. The van der Waals surface area contributed by atoms with Gasteiger partial charge >= 0.3 is 0 Å². The van der Waals surface area contributed by atoms with Gasteiger partial charge in [0.05, 0.1) is 0 Å². The Hall–Kier alpha value is -1.88. The highest BCUT2D eigenvalue weighted by Gasteiger charge is 2.28. The SMILES string of the molecule is Cc1ccc(OCC(OC(=S)n2ccnc2)C(C)(C)C)cc1. The molecule has 0 saturated heterocycles. The largest absolute Gasteiger partial charge is 0.490 e. The first-order valence-corrected chi connectivity index (χ1v) is 7.65. The molecule has 0 spiro atoms. The number of nitrogens with zero attached hydrogens (tertiary/aromatic N) is 2. The van der Waals surface area contributed by atoms with E-state index in [1.54, 1.807) is 23.3 Å². The molecule has 0 fully saturated rings. The van der Waals surface area contributed by atoms with Crippen LogP contribution in [0.4, 0.5) is 0 Å². The van der Waals surface area contributed by atoms with Crippen molar-refractivity contribution >= 4 is 17.4 Å². The first kappa shape index (κ1) is 16.5. The lowest BCUT2D eigenvalue weighted by Crippen LogP contribution is -2.37. The van der Waals surface area contributed by atoms with Gasteiger partial charge in [0.15, 0.2) is 0 Å². The maximum absolute atomic E-state index is 5.93. The van der Waals surface area contributed by atoms with E-state index in [1.807, 2.05) is 24.3 Å². The lowest BCUT2D eigenvalue weighted by atomic mass is 9.89. The number of rotatable bonds is 4. The van der Waals surface area contributed by atoms with Crippen molar-refractivity contribution in [1.29, 1.82) is 0 Å². The topological polar surface area (TPSA) is 36.3 Å². The van der Waals surface area contributed by atoms with Gasteiger partial charge in [0, 0.05) is 17.8 Å². The van der Waals surface area contributed by atoms with Crippen LogP contribution in [0.5, 0.6) is 5.75 Å². The van der Waals surface area contributed by atoms with Crippen LogP contribution in [0.15, 0.2) is 43.0 Å². The summed E-state index contributed by atoms with van der Waals surface area (Å²) in [5.74, 6) is 0.831. The number of hydrogen-bond acceptors (Lipinski definition) is 4. The minimum absolute atomic E-state index is 0.102. The average Bonchev–Trinajstić information content (AvgIpc) is 2.98. The molecule has 118 valence electrons. The van der Waals surface area contributed by atoms with E-state index in [4.69, 9.17) is 21.7 Å². The number of ether oxygens (including phenoxy) is 2. The molecule has 0 bridgehead atoms. The van der Waals surface area contributed by atoms with Crippen LogP contribution in [0.2, 0.25) is 0 Å². The first-order valence-electron chi connectivity index (χ1n) is 7.24. The molecule has 0 aliphatic heterocycles. The predicted molar refractivity (Wildman–Crippen MR) is 91.2 cm³/mol. The molecule has 0 radical (unpaired) electrons. The molecule has 0 aliphatic rings. The second-order valence-corrected chi connectivity index (χ2v) is 6.68. The molecule has 0 N–H and O–H groups in total. The molecule has 1 heterocycles. The van der Waals surface area contributed by atoms with Crippen molar-refractivity contribution < 1.29 is 9.47 Å². The van der Waals surface area contributed by atoms with Crippen molar-refractivity contribution in [2.24, 2.45) is 5.41 Å². The van der Waals surface area contributed by atoms with Gasteiger partial charge in [-0.3, -0.25) is 4.57 Å². The van der Waals surface area contributed by atoms with Gasteiger partial charge < -0.3 is 9.47 Å². The van der Waals surface area contributed by atoms with Gasteiger partial charge in [0.25, 0.3) is 5.17 Å². The van der Waals surface area contributed by atoms with Crippen LogP contribution in [0.25, 0.3) is 0 Å². The molecule has 4 nitrogen and oxygen atoms in total. The summed E-state index contributed by atoms with van der Waals surface area (Å²) in [5.41, 5.74) is 1.10. The minimum Gasteiger partial charge on any atom is -0.490 e. The Morgan fingerprint density at radius 1 is 1.27 bits per heavy atom. The van der Waals surface area contributed by atoms with Crippen LogP contribution in [-0.2, 0) is 4.74 Å². The first-order chi connectivity index (χ1) is 10.4. The molecule has 1 unspecified atom stereocenters. The normalized spacial score (nSPS) is 12.7. The highest BCUT2D eigenvalue weighted by Crippen LogP contribution is 2.24. The van der Waals surface area contributed by atoms with Crippen LogP contribution in [0.1, 0.15) is 26.3 Å². The molecule has 2 rings (SSSR count). The van der Waals surface area contributed by atoms with Crippen LogP contribution in [0.3, 0.4) is 0 Å². The van der Waals surface area contributed by atoms with Crippen LogP contribution < -0.4 is 4.74 Å². The van der Waals surface area contributed by atoms with Crippen LogP contribution in [0, 0.1) is 12.3 Å². The van der Waals surface area contributed by atoms with E-state index in [9.17, 15) is 0 Å². The second kappa shape index (κ2) is 6.92. The van der Waals surface area contributed by atoms with Gasteiger partial charge in [-0.25, -0.2) is 4.98 Å². The standard InChI is InChI=1S/C17H22N2O2S/c1-13-5-7-14(8-6-13)20-11-15(17(2,3)4)21-16(22)19-10-9-18-12-19/h5-10,12,15H,11H2,1-4H3. The lowest BCUT2D eigenvalue weighted by Gasteiger charge is -2.31. The van der Waals surface area contributed by atoms with Crippen molar-refractivity contribution in [2.75, 3.05) is 6.61 Å². The summed E-state index contributed by atoms with van der Waals surface area (Å²) in [6.45, 7) is 8.79. The maximum atomic E-state index is 5.93. The van der Waals surface area contributed by atoms with Gasteiger partial charge in [0.1, 0.15) is 24.8 Å². The molecule has 1 aromatic heterocycles. The highest BCUT2D eigenvalue weighted by atomic mass is 32.1. The second-order valence-electron chi connectivity index (χ2n) is 6.33. The highest BCUT2D eigenvalue weighted by molar-refractivity contribution is 7.80. The molecule has 22 heavy (non-hydrogen) atoms. The number of imidazole rings is 1. The van der Waals surface area contributed by atoms with E-state index in [1.165, 1.54) is 5.56 Å². The van der Waals surface area contributed by atoms with E-state index >= 15 is 0 Å². The Labute approximate surface area is 137 Å². The average molecular weight is 318 g/mol. The summed E-state index contributed by atoms with van der Waals surface area (Å²) >= 11 is 5.31. The Balaban J connectivity index is 2.00. The molecular formula is C17H22N2O2S. The van der Waals surface area contributed by atoms with E-state index in [2.05, 4.69) is 32.7 Å². The fraction of sp³-hybridized carbons (Fsp3) is 0.412. The zero-order valence-corrected chi connectivity index (χ0v) is 14.3. The fourth-order valence-corrected chi connectivity index (χ4v) is 2.04. The summed E-state index contributed by atoms with van der Waals surface area (Å²) in [7, 11) is 0. The van der Waals surface area contributed by atoms with E-state index < -0.39 is 0 Å². The Morgan fingerprint density at radius 3 is 2.50 bits per heavy atom. The smallest absolute Gasteiger partial charge is 0.269 e. The number of hydrogen-bond donors (Lipinski definition) is 0. The van der Waals surface area contributed by atoms with Gasteiger partial charge in [0.2, 0.25) is 0 Å². The van der Waals surface area contributed by atoms with E-state index in [-0.39, 0.29) is 11.5 Å². The summed E-state index contributed by atoms with van der Waals surface area (Å²) < 4.78 is 13.5. The molecule has 0 aliphatic carbocycles. The number of benzene rings is 1. The quantitative estimate of drug-likeness (QED) is 0.803. The van der Waals surface area contributed by atoms with Crippen molar-refractivity contribution in [2.45, 2.75) is 33.8 Å². The van der Waals surface area contributed by atoms with Crippen molar-refractivity contribution in [3.05, 3.63) is 48.5 Å². The summed E-state index contributed by atoms with van der Waals surface area (Å²) in [4.78, 5) is 3.98. The molecule has 2 aromatic rings. The Bertz CT molecular complexity index is 601. The van der Waals surface area contributed by atoms with Gasteiger partial charge in [-0.05, 0) is 31.3 Å². The third kappa shape index (κ3) is 4.56. The van der Waals surface area contributed by atoms with E-state index in [0.29, 0.717) is 11.8 Å². The summed E-state index contributed by atoms with van der Waals surface area (Å²) in [6, 6.07) is 7.98. The maximum Gasteiger partial charge on any atom is 0.269 e. The predicted octanol–water partition coefficient (Wildman–Crippen LogP) is 3.83. The fourth-order valence-electron chi connectivity index (χ4n) is 1.82. The number of aryl methyl sites for hydroxylation is 1. The van der Waals surface area contributed by atoms with Crippen LogP contribution >= 0.6 is 12.2 Å². The van der Waals surface area contributed by atoms with Crippen LogP contribution in [-0.4, -0.2) is 27.4 Å². The van der Waals surface area contributed by atoms with E-state index in [0.717, 1.165) is 5.75 Å². The zero-order chi connectivity index (χ0) is 16.2. The summed E-state index contributed by atoms with van der Waals surface area (Å²) in [6.07, 6.45) is 4.90. The monoisotopic (exact) mass is 318 g/mol. The van der Waals surface area contributed by atoms with Crippen molar-refractivity contribution in [3.8, 4) is 5.75 Å². The Kier molecular flexibility index (Phi) is 5.19. The molecular weight excluding hydrogens is 296 g/mol. The summed E-state index contributed by atoms with van der Waals surface area (Å²) in [5, 5.41) is 0.380. The Morgan fingerprint density at radius 2 is 1.95 bits per heavy atom. The lowest BCUT2D eigenvalue weighted by molar-refractivity contribution is 0.0321. The third-order valence-electron chi connectivity index (χ3n) is 3.35. The molecule has 0 amide bonds. The third-order valence-corrected chi connectivity index (χ3v) is 3.65. The number of thiocarbonyl (C=S) groups is 1. The van der Waals surface area contributed by atoms with Gasteiger partial charge in [-0.1, -0.05) is 38.5 Å². The number of aromatic nitrogens is 2.